The monoisotopic (exact) mass is 422 g/mol. The Kier molecular flexibility index (Phi) is 11.1. The Bertz CT molecular complexity index is 713. The van der Waals surface area contributed by atoms with Crippen molar-refractivity contribution >= 4 is 23.8 Å². The lowest BCUT2D eigenvalue weighted by Crippen LogP contribution is -2.54. The van der Waals surface area contributed by atoms with Crippen molar-refractivity contribution in [1.82, 2.24) is 10.6 Å². The Balaban J connectivity index is 2.80. The van der Waals surface area contributed by atoms with Gasteiger partial charge in [-0.3, -0.25) is 14.4 Å². The summed E-state index contributed by atoms with van der Waals surface area (Å²) in [6.45, 7) is 0.409. The highest BCUT2D eigenvalue weighted by Gasteiger charge is 2.28. The number of aliphatic carboxylic acids is 2. The molecule has 2 amide bonds. The fourth-order valence-electron chi connectivity index (χ4n) is 2.77. The maximum Gasteiger partial charge on any atom is 0.326 e. The fourth-order valence-corrected chi connectivity index (χ4v) is 2.77. The zero-order valence-corrected chi connectivity index (χ0v) is 16.8. The molecule has 1 aromatic rings. The van der Waals surface area contributed by atoms with Crippen LogP contribution in [0.25, 0.3) is 0 Å². The number of carbonyl (C=O) groups excluding carboxylic acids is 2. The number of unbranched alkanes of at least 4 members (excludes halogenated alkanes) is 1. The molecule has 1 rings (SSSR count). The zero-order valence-electron chi connectivity index (χ0n) is 16.8. The average molecular weight is 422 g/mol. The van der Waals surface area contributed by atoms with Crippen LogP contribution in [0.1, 0.15) is 37.7 Å². The molecule has 0 aliphatic heterocycles. The lowest BCUT2D eigenvalue weighted by atomic mass is 10.0. The molecule has 0 aliphatic rings. The van der Waals surface area contributed by atoms with Gasteiger partial charge in [0, 0.05) is 12.8 Å². The van der Waals surface area contributed by atoms with Gasteiger partial charge in [0.1, 0.15) is 12.1 Å². The van der Waals surface area contributed by atoms with Gasteiger partial charge in [-0.1, -0.05) is 30.3 Å². The van der Waals surface area contributed by atoms with Crippen LogP contribution >= 0.6 is 0 Å². The molecule has 0 saturated heterocycles. The SMILES string of the molecule is NCCCCC(NC(=O)C(N)CCC(=O)O)C(=O)NC(Cc1ccccc1)C(=O)O. The molecule has 10 nitrogen and oxygen atoms in total. The first-order valence-electron chi connectivity index (χ1n) is 9.79. The summed E-state index contributed by atoms with van der Waals surface area (Å²) in [6.07, 6.45) is 1.13. The normalized spacial score (nSPS) is 13.7. The highest BCUT2D eigenvalue weighted by Crippen LogP contribution is 2.07. The minimum atomic E-state index is -1.20. The van der Waals surface area contributed by atoms with E-state index in [4.69, 9.17) is 16.6 Å². The number of amides is 2. The van der Waals surface area contributed by atoms with E-state index in [2.05, 4.69) is 10.6 Å². The van der Waals surface area contributed by atoms with Crippen LogP contribution in [0.2, 0.25) is 0 Å². The van der Waals surface area contributed by atoms with E-state index in [0.29, 0.717) is 19.4 Å². The van der Waals surface area contributed by atoms with Crippen molar-refractivity contribution in [2.24, 2.45) is 11.5 Å². The second-order valence-corrected chi connectivity index (χ2v) is 6.97. The molecule has 0 fully saturated rings. The molecule has 0 aliphatic carbocycles. The number of hydrogen-bond acceptors (Lipinski definition) is 6. The van der Waals surface area contributed by atoms with Crippen molar-refractivity contribution in [3.05, 3.63) is 35.9 Å². The van der Waals surface area contributed by atoms with Crippen LogP contribution in [0.5, 0.6) is 0 Å². The van der Waals surface area contributed by atoms with Crippen molar-refractivity contribution in [2.45, 2.75) is 56.7 Å². The lowest BCUT2D eigenvalue weighted by molar-refractivity contribution is -0.142. The van der Waals surface area contributed by atoms with Crippen LogP contribution in [-0.4, -0.2) is 58.6 Å². The third kappa shape index (κ3) is 9.48. The van der Waals surface area contributed by atoms with Gasteiger partial charge < -0.3 is 32.3 Å². The number of nitrogens with two attached hydrogens (primary N) is 2. The second-order valence-electron chi connectivity index (χ2n) is 6.97. The third-order valence-electron chi connectivity index (χ3n) is 4.48. The summed E-state index contributed by atoms with van der Waals surface area (Å²) in [4.78, 5) is 47.2. The van der Waals surface area contributed by atoms with Crippen molar-refractivity contribution in [3.8, 4) is 0 Å². The molecule has 0 radical (unpaired) electrons. The molecule has 8 N–H and O–H groups in total. The zero-order chi connectivity index (χ0) is 22.5. The number of benzene rings is 1. The first-order chi connectivity index (χ1) is 14.2. The summed E-state index contributed by atoms with van der Waals surface area (Å²) in [5, 5.41) is 23.2. The molecule has 3 atom stereocenters. The van der Waals surface area contributed by atoms with Gasteiger partial charge in [-0.2, -0.15) is 0 Å². The third-order valence-corrected chi connectivity index (χ3v) is 4.48. The topological polar surface area (TPSA) is 185 Å². The number of carboxylic acid groups (broad SMARTS) is 2. The van der Waals surface area contributed by atoms with E-state index < -0.39 is 41.9 Å². The summed E-state index contributed by atoms with van der Waals surface area (Å²) in [7, 11) is 0. The summed E-state index contributed by atoms with van der Waals surface area (Å²) in [5.41, 5.74) is 11.9. The van der Waals surface area contributed by atoms with E-state index >= 15 is 0 Å². The second kappa shape index (κ2) is 13.3. The summed E-state index contributed by atoms with van der Waals surface area (Å²) < 4.78 is 0. The van der Waals surface area contributed by atoms with E-state index in [1.165, 1.54) is 0 Å². The predicted octanol–water partition coefficient (Wildman–Crippen LogP) is -0.396. The van der Waals surface area contributed by atoms with E-state index in [9.17, 15) is 24.3 Å². The highest BCUT2D eigenvalue weighted by atomic mass is 16.4. The van der Waals surface area contributed by atoms with Gasteiger partial charge in [0.05, 0.1) is 6.04 Å². The minimum absolute atomic E-state index is 0.0793. The van der Waals surface area contributed by atoms with Gasteiger partial charge in [-0.15, -0.1) is 0 Å². The van der Waals surface area contributed by atoms with E-state index in [1.54, 1.807) is 30.3 Å². The Morgan fingerprint density at radius 3 is 2.10 bits per heavy atom. The molecule has 0 aromatic heterocycles. The van der Waals surface area contributed by atoms with Crippen molar-refractivity contribution in [3.63, 3.8) is 0 Å². The standard InChI is InChI=1S/C20H30N4O6/c21-11-5-4-8-15(23-18(27)14(22)9-10-17(25)26)19(28)24-16(20(29)30)12-13-6-2-1-3-7-13/h1-3,6-7,14-16H,4-5,8-12,21-22H2,(H,23,27)(H,24,28)(H,25,26)(H,29,30). The number of hydrogen-bond donors (Lipinski definition) is 6. The molecule has 1 aromatic carbocycles. The fraction of sp³-hybridized carbons (Fsp3) is 0.500. The van der Waals surface area contributed by atoms with Gasteiger partial charge in [-0.25, -0.2) is 4.79 Å². The van der Waals surface area contributed by atoms with Gasteiger partial charge in [0.15, 0.2) is 0 Å². The summed E-state index contributed by atoms with van der Waals surface area (Å²) in [6, 6.07) is 5.58. The molecule has 0 saturated carbocycles. The number of carbonyl (C=O) groups is 4. The van der Waals surface area contributed by atoms with Crippen LogP contribution in [0, 0.1) is 0 Å². The van der Waals surface area contributed by atoms with Gasteiger partial charge in [0.25, 0.3) is 0 Å². The number of rotatable bonds is 14. The summed E-state index contributed by atoms with van der Waals surface area (Å²) >= 11 is 0. The first kappa shape index (κ1) is 25.1. The van der Waals surface area contributed by atoms with Crippen molar-refractivity contribution in [2.75, 3.05) is 6.54 Å². The molecular formula is C20H30N4O6. The number of carboxylic acids is 2. The van der Waals surface area contributed by atoms with Crippen molar-refractivity contribution in [1.29, 1.82) is 0 Å². The van der Waals surface area contributed by atoms with Crippen LogP contribution in [0.15, 0.2) is 30.3 Å². The predicted molar refractivity (Wildman–Crippen MR) is 109 cm³/mol. The largest absolute Gasteiger partial charge is 0.481 e. The van der Waals surface area contributed by atoms with Crippen LogP contribution < -0.4 is 22.1 Å². The quantitative estimate of drug-likeness (QED) is 0.219. The highest BCUT2D eigenvalue weighted by molar-refractivity contribution is 5.91. The molecule has 3 unspecified atom stereocenters. The van der Waals surface area contributed by atoms with Crippen LogP contribution in [0.4, 0.5) is 0 Å². The summed E-state index contributed by atoms with van der Waals surface area (Å²) in [5.74, 6) is -3.59. The molecule has 10 heteroatoms. The Morgan fingerprint density at radius 1 is 0.900 bits per heavy atom. The van der Waals surface area contributed by atoms with Gasteiger partial charge >= 0.3 is 11.9 Å². The number of nitrogens with one attached hydrogen (secondary N) is 2. The average Bonchev–Trinajstić information content (AvgIpc) is 2.71. The lowest BCUT2D eigenvalue weighted by Gasteiger charge is -2.23. The maximum absolute atomic E-state index is 12.7. The van der Waals surface area contributed by atoms with Crippen molar-refractivity contribution < 1.29 is 29.4 Å². The Hall–Kier alpha value is -2.98. The van der Waals surface area contributed by atoms with Gasteiger partial charge in [0.2, 0.25) is 11.8 Å². The minimum Gasteiger partial charge on any atom is -0.481 e. The molecule has 0 spiro atoms. The Morgan fingerprint density at radius 2 is 1.53 bits per heavy atom. The first-order valence-corrected chi connectivity index (χ1v) is 9.79. The maximum atomic E-state index is 12.7. The molecule has 0 heterocycles. The van der Waals surface area contributed by atoms with E-state index in [0.717, 1.165) is 5.56 Å². The molecule has 0 bridgehead atoms. The van der Waals surface area contributed by atoms with Gasteiger partial charge in [-0.05, 0) is 37.8 Å². The van der Waals surface area contributed by atoms with E-state index in [-0.39, 0.29) is 25.7 Å². The van der Waals surface area contributed by atoms with Crippen LogP contribution in [-0.2, 0) is 25.6 Å². The molecule has 30 heavy (non-hydrogen) atoms. The smallest absolute Gasteiger partial charge is 0.326 e. The van der Waals surface area contributed by atoms with Crippen LogP contribution in [0.3, 0.4) is 0 Å². The van der Waals surface area contributed by atoms with E-state index in [1.807, 2.05) is 0 Å². The molecule has 166 valence electrons. The Labute approximate surface area is 175 Å². The molecular weight excluding hydrogens is 392 g/mol.